The molecule has 0 radical (unpaired) electrons. The Bertz CT molecular complexity index is 151. The molecular weight excluding hydrogens is 224 g/mol. The third kappa shape index (κ3) is 6.60. The summed E-state index contributed by atoms with van der Waals surface area (Å²) in [5.41, 5.74) is 0. The Morgan fingerprint density at radius 3 is 2.19 bits per heavy atom. The van der Waals surface area contributed by atoms with Crippen LogP contribution in [0.4, 0.5) is 0 Å². The lowest BCUT2D eigenvalue weighted by Gasteiger charge is -2.29. The lowest BCUT2D eigenvalue weighted by atomic mass is 10.2. The minimum Gasteiger partial charge on any atom is -0.376 e. The van der Waals surface area contributed by atoms with Crippen molar-refractivity contribution in [1.29, 1.82) is 0 Å². The van der Waals surface area contributed by atoms with E-state index < -0.39 is 15.7 Å². The van der Waals surface area contributed by atoms with Crippen molar-refractivity contribution in [1.82, 2.24) is 0 Å². The van der Waals surface area contributed by atoms with E-state index in [2.05, 4.69) is 6.92 Å². The smallest absolute Gasteiger partial charge is 0.297 e. The number of hydrogen-bond acceptors (Lipinski definition) is 4. The van der Waals surface area contributed by atoms with Crippen molar-refractivity contribution < 1.29 is 18.6 Å². The monoisotopic (exact) mass is 250 g/mol. The average molecular weight is 250 g/mol. The third-order valence-electron chi connectivity index (χ3n) is 2.51. The molecule has 0 spiro atoms. The summed E-state index contributed by atoms with van der Waals surface area (Å²) in [7, 11) is 4.17. The Kier molecular flexibility index (Phi) is 10.3. The maximum absolute atomic E-state index is 5.72. The Morgan fingerprint density at radius 1 is 1.00 bits per heavy atom. The largest absolute Gasteiger partial charge is 0.376 e. The molecule has 0 unspecified atom stereocenters. The van der Waals surface area contributed by atoms with Gasteiger partial charge in [-0.25, -0.2) is 0 Å². The van der Waals surface area contributed by atoms with E-state index in [1.165, 1.54) is 25.7 Å². The molecule has 0 aromatic rings. The van der Waals surface area contributed by atoms with Crippen molar-refractivity contribution in [3.63, 3.8) is 0 Å². The molecule has 0 saturated heterocycles. The van der Waals surface area contributed by atoms with Gasteiger partial charge in [0.1, 0.15) is 6.61 Å². The first-order valence-electron chi connectivity index (χ1n) is 5.98. The molecule has 0 heterocycles. The third-order valence-corrected chi connectivity index (χ3v) is 3.95. The van der Waals surface area contributed by atoms with Gasteiger partial charge in [0.2, 0.25) is 0 Å². The highest BCUT2D eigenvalue weighted by atomic mass is 28.2. The highest BCUT2D eigenvalue weighted by molar-refractivity contribution is 6.27. The quantitative estimate of drug-likeness (QED) is 0.318. The number of hydrogen-bond donors (Lipinski definition) is 0. The number of methoxy groups -OCH3 is 3. The van der Waals surface area contributed by atoms with E-state index in [1.54, 1.807) is 21.3 Å². The summed E-state index contributed by atoms with van der Waals surface area (Å²) in [6, 6.07) is 1.16. The number of rotatable bonds is 11. The van der Waals surface area contributed by atoms with Gasteiger partial charge >= 0.3 is 0 Å². The molecule has 0 aliphatic rings. The zero-order valence-corrected chi connectivity index (χ0v) is 12.5. The fourth-order valence-corrected chi connectivity index (χ4v) is 2.80. The van der Waals surface area contributed by atoms with Gasteiger partial charge in [0.05, 0.1) is 0 Å². The first-order chi connectivity index (χ1) is 7.74. The van der Waals surface area contributed by atoms with Crippen LogP contribution in [0.3, 0.4) is 0 Å². The molecule has 5 heteroatoms. The van der Waals surface area contributed by atoms with Gasteiger partial charge in [0.15, 0.2) is 9.76 Å². The molecule has 4 nitrogen and oxygen atoms in total. The van der Waals surface area contributed by atoms with Gasteiger partial charge in [0, 0.05) is 21.3 Å². The summed E-state index contributed by atoms with van der Waals surface area (Å²) in [4.78, 5) is 0. The van der Waals surface area contributed by atoms with Crippen LogP contribution in [-0.2, 0) is 18.6 Å². The molecule has 0 aliphatic carbocycles. The van der Waals surface area contributed by atoms with E-state index in [0.29, 0.717) is 6.61 Å². The van der Waals surface area contributed by atoms with E-state index >= 15 is 0 Å². The molecule has 16 heavy (non-hydrogen) atoms. The Balaban J connectivity index is 3.67. The zero-order valence-electron chi connectivity index (χ0n) is 11.1. The summed E-state index contributed by atoms with van der Waals surface area (Å²) in [5, 5.41) is 0. The van der Waals surface area contributed by atoms with Gasteiger partial charge in [-0.05, 0) is 6.04 Å². The molecule has 0 amide bonds. The van der Waals surface area contributed by atoms with Crippen molar-refractivity contribution in [2.75, 3.05) is 27.9 Å². The molecule has 0 atom stereocenters. The van der Waals surface area contributed by atoms with Gasteiger partial charge in [-0.2, -0.15) is 0 Å². The second-order valence-corrected chi connectivity index (χ2v) is 5.19. The molecule has 0 fully saturated rings. The van der Waals surface area contributed by atoms with Crippen LogP contribution >= 0.6 is 0 Å². The second kappa shape index (κ2) is 10.2. The minimum atomic E-state index is -0.980. The normalized spacial score (nSPS) is 12.8. The Morgan fingerprint density at radius 2 is 1.69 bits per heavy atom. The van der Waals surface area contributed by atoms with Gasteiger partial charge in [-0.1, -0.05) is 32.6 Å². The molecule has 0 bridgehead atoms. The average Bonchev–Trinajstić information content (AvgIpc) is 2.32. The van der Waals surface area contributed by atoms with Crippen LogP contribution in [0.1, 0.15) is 32.6 Å². The molecule has 0 rings (SSSR count). The first-order valence-corrected chi connectivity index (χ1v) is 7.55. The SMILES string of the molecule is CCCCCC[SiH2]OC(COC)(OC)OC. The summed E-state index contributed by atoms with van der Waals surface area (Å²) in [6.45, 7) is 2.52. The first kappa shape index (κ1) is 16.1. The molecule has 0 aliphatic heterocycles. The van der Waals surface area contributed by atoms with Gasteiger partial charge in [-0.3, -0.25) is 0 Å². The molecule has 0 aromatic heterocycles. The van der Waals surface area contributed by atoms with Crippen LogP contribution < -0.4 is 0 Å². The van der Waals surface area contributed by atoms with Crippen molar-refractivity contribution in [3.8, 4) is 0 Å². The van der Waals surface area contributed by atoms with Gasteiger partial charge in [0.25, 0.3) is 5.97 Å². The maximum atomic E-state index is 5.72. The van der Waals surface area contributed by atoms with Crippen LogP contribution in [0.15, 0.2) is 0 Å². The molecule has 0 aromatic carbocycles. The van der Waals surface area contributed by atoms with E-state index in [9.17, 15) is 0 Å². The van der Waals surface area contributed by atoms with Crippen LogP contribution in [0.5, 0.6) is 0 Å². The Hall–Kier alpha value is 0.0569. The van der Waals surface area contributed by atoms with Crippen molar-refractivity contribution >= 4 is 9.76 Å². The summed E-state index contributed by atoms with van der Waals surface area (Å²) >= 11 is 0. The highest BCUT2D eigenvalue weighted by Gasteiger charge is 2.30. The van der Waals surface area contributed by atoms with E-state index in [0.717, 1.165) is 6.04 Å². The minimum absolute atomic E-state index is 0.308. The van der Waals surface area contributed by atoms with Gasteiger partial charge in [-0.15, -0.1) is 0 Å². The molecule has 0 saturated carbocycles. The molecule has 98 valence electrons. The Labute approximate surface area is 102 Å². The van der Waals surface area contributed by atoms with Crippen molar-refractivity contribution in [2.24, 2.45) is 0 Å². The molecule has 0 N–H and O–H groups in total. The van der Waals surface area contributed by atoms with Crippen molar-refractivity contribution in [2.45, 2.75) is 44.6 Å². The zero-order chi connectivity index (χ0) is 12.3. The standard InChI is InChI=1S/C11H26O4Si/c1-5-6-7-8-9-16-15-11(13-3,14-4)10-12-2/h5-10,16H2,1-4H3. The lowest BCUT2D eigenvalue weighted by Crippen LogP contribution is -2.42. The van der Waals surface area contributed by atoms with Crippen molar-refractivity contribution in [3.05, 3.63) is 0 Å². The van der Waals surface area contributed by atoms with Crippen LogP contribution in [0, 0.1) is 0 Å². The fourth-order valence-electron chi connectivity index (χ4n) is 1.47. The predicted molar refractivity (Wildman–Crippen MR) is 67.2 cm³/mol. The second-order valence-electron chi connectivity index (χ2n) is 3.79. The topological polar surface area (TPSA) is 36.9 Å². The van der Waals surface area contributed by atoms with E-state index in [4.69, 9.17) is 18.6 Å². The summed E-state index contributed by atoms with van der Waals surface area (Å²) < 4.78 is 21.2. The van der Waals surface area contributed by atoms with Crippen LogP contribution in [0.25, 0.3) is 0 Å². The van der Waals surface area contributed by atoms with Gasteiger partial charge < -0.3 is 18.6 Å². The highest BCUT2D eigenvalue weighted by Crippen LogP contribution is 2.14. The van der Waals surface area contributed by atoms with E-state index in [1.807, 2.05) is 0 Å². The lowest BCUT2D eigenvalue weighted by molar-refractivity contribution is -0.339. The van der Waals surface area contributed by atoms with Crippen LogP contribution in [0.2, 0.25) is 6.04 Å². The number of unbranched alkanes of at least 4 members (excludes halogenated alkanes) is 3. The predicted octanol–water partition coefficient (Wildman–Crippen LogP) is 1.68. The number of ether oxygens (including phenoxy) is 3. The molecular formula is C11H26O4Si. The summed E-state index contributed by atoms with van der Waals surface area (Å²) in [6.07, 6.45) is 5.12. The maximum Gasteiger partial charge on any atom is 0.297 e. The summed E-state index contributed by atoms with van der Waals surface area (Å²) in [5.74, 6) is -0.980. The van der Waals surface area contributed by atoms with E-state index in [-0.39, 0.29) is 0 Å². The van der Waals surface area contributed by atoms with Crippen LogP contribution in [-0.4, -0.2) is 43.7 Å². The fraction of sp³-hybridized carbons (Fsp3) is 1.00.